The summed E-state index contributed by atoms with van der Waals surface area (Å²) in [5, 5.41) is 2.20. The standard InChI is InChI=1S/C16H13F2NO3/c17-12-6-7-14(18)13(8-12)15(20)9-19-16(21)22-10-11-4-2-1-3-5-11/h1-8H,9-10H2,(H,19,21). The monoisotopic (exact) mass is 305 g/mol. The highest BCUT2D eigenvalue weighted by molar-refractivity contribution is 5.99. The molecule has 22 heavy (non-hydrogen) atoms. The van der Waals surface area contributed by atoms with Crippen molar-refractivity contribution in [2.45, 2.75) is 6.61 Å². The van der Waals surface area contributed by atoms with Crippen LogP contribution in [0, 0.1) is 11.6 Å². The molecule has 0 heterocycles. The highest BCUT2D eigenvalue weighted by Gasteiger charge is 2.14. The quantitative estimate of drug-likeness (QED) is 0.864. The number of halogens is 2. The Kier molecular flexibility index (Phi) is 5.19. The molecule has 0 unspecified atom stereocenters. The van der Waals surface area contributed by atoms with E-state index in [1.807, 2.05) is 6.07 Å². The van der Waals surface area contributed by atoms with Crippen molar-refractivity contribution in [3.8, 4) is 0 Å². The molecule has 0 saturated carbocycles. The van der Waals surface area contributed by atoms with Gasteiger partial charge in [-0.15, -0.1) is 0 Å². The van der Waals surface area contributed by atoms with Crippen molar-refractivity contribution >= 4 is 11.9 Å². The summed E-state index contributed by atoms with van der Waals surface area (Å²) in [7, 11) is 0. The molecule has 2 aromatic rings. The van der Waals surface area contributed by atoms with Crippen LogP contribution in [-0.2, 0) is 11.3 Å². The molecule has 0 atom stereocenters. The molecular weight excluding hydrogens is 292 g/mol. The lowest BCUT2D eigenvalue weighted by molar-refractivity contribution is 0.0970. The number of carbonyl (C=O) groups excluding carboxylic acids is 2. The van der Waals surface area contributed by atoms with Crippen LogP contribution >= 0.6 is 0 Å². The van der Waals surface area contributed by atoms with Gasteiger partial charge in [-0.3, -0.25) is 4.79 Å². The van der Waals surface area contributed by atoms with Crippen molar-refractivity contribution in [3.63, 3.8) is 0 Å². The van der Waals surface area contributed by atoms with E-state index in [1.54, 1.807) is 24.3 Å². The van der Waals surface area contributed by atoms with E-state index in [0.29, 0.717) is 0 Å². The second kappa shape index (κ2) is 7.31. The summed E-state index contributed by atoms with van der Waals surface area (Å²) >= 11 is 0. The predicted molar refractivity (Wildman–Crippen MR) is 75.3 cm³/mol. The first-order valence-corrected chi connectivity index (χ1v) is 6.49. The van der Waals surface area contributed by atoms with Gasteiger partial charge in [0, 0.05) is 0 Å². The van der Waals surface area contributed by atoms with E-state index in [9.17, 15) is 18.4 Å². The van der Waals surface area contributed by atoms with Crippen LogP contribution in [0.15, 0.2) is 48.5 Å². The van der Waals surface area contributed by atoms with E-state index in [2.05, 4.69) is 5.32 Å². The molecule has 0 aromatic heterocycles. The fraction of sp³-hybridized carbons (Fsp3) is 0.125. The molecule has 1 N–H and O–H groups in total. The van der Waals surface area contributed by atoms with E-state index in [-0.39, 0.29) is 6.61 Å². The fourth-order valence-corrected chi connectivity index (χ4v) is 1.73. The highest BCUT2D eigenvalue weighted by Crippen LogP contribution is 2.10. The van der Waals surface area contributed by atoms with Crippen LogP contribution in [0.2, 0.25) is 0 Å². The van der Waals surface area contributed by atoms with Gasteiger partial charge in [0.15, 0.2) is 5.78 Å². The molecule has 0 aliphatic carbocycles. The van der Waals surface area contributed by atoms with Crippen LogP contribution in [-0.4, -0.2) is 18.4 Å². The minimum Gasteiger partial charge on any atom is -0.445 e. The molecule has 0 aliphatic rings. The van der Waals surface area contributed by atoms with E-state index in [4.69, 9.17) is 4.74 Å². The summed E-state index contributed by atoms with van der Waals surface area (Å²) in [6, 6.07) is 11.5. The summed E-state index contributed by atoms with van der Waals surface area (Å²) in [5.74, 6) is -2.31. The molecule has 0 spiro atoms. The Hall–Kier alpha value is -2.76. The molecule has 114 valence electrons. The Morgan fingerprint density at radius 3 is 2.50 bits per heavy atom. The van der Waals surface area contributed by atoms with Gasteiger partial charge in [0.25, 0.3) is 0 Å². The van der Waals surface area contributed by atoms with Gasteiger partial charge in [0.2, 0.25) is 0 Å². The minimum absolute atomic E-state index is 0.0508. The largest absolute Gasteiger partial charge is 0.445 e. The van der Waals surface area contributed by atoms with Crippen molar-refractivity contribution in [1.29, 1.82) is 0 Å². The van der Waals surface area contributed by atoms with Gasteiger partial charge in [0.1, 0.15) is 18.2 Å². The lowest BCUT2D eigenvalue weighted by atomic mass is 10.1. The average Bonchev–Trinajstić information content (AvgIpc) is 2.54. The third-order valence-electron chi connectivity index (χ3n) is 2.83. The number of rotatable bonds is 5. The Morgan fingerprint density at radius 1 is 1.05 bits per heavy atom. The normalized spacial score (nSPS) is 10.1. The molecule has 1 amide bonds. The molecular formula is C16H13F2NO3. The Balaban J connectivity index is 1.83. The smallest absolute Gasteiger partial charge is 0.407 e. The number of amides is 1. The number of nitrogens with one attached hydrogen (secondary N) is 1. The first kappa shape index (κ1) is 15.6. The number of hydrogen-bond acceptors (Lipinski definition) is 3. The summed E-state index contributed by atoms with van der Waals surface area (Å²) < 4.78 is 31.3. The highest BCUT2D eigenvalue weighted by atomic mass is 19.1. The Labute approximate surface area is 125 Å². The zero-order chi connectivity index (χ0) is 15.9. The van der Waals surface area contributed by atoms with Gasteiger partial charge in [-0.05, 0) is 23.8 Å². The second-order valence-corrected chi connectivity index (χ2v) is 4.46. The average molecular weight is 305 g/mol. The van der Waals surface area contributed by atoms with Crippen LogP contribution in [0.25, 0.3) is 0 Å². The van der Waals surface area contributed by atoms with E-state index in [1.165, 1.54) is 0 Å². The van der Waals surface area contributed by atoms with Gasteiger partial charge < -0.3 is 10.1 Å². The van der Waals surface area contributed by atoms with Gasteiger partial charge in [-0.2, -0.15) is 0 Å². The van der Waals surface area contributed by atoms with Crippen LogP contribution in [0.4, 0.5) is 13.6 Å². The van der Waals surface area contributed by atoms with Crippen LogP contribution in [0.3, 0.4) is 0 Å². The molecule has 4 nitrogen and oxygen atoms in total. The Morgan fingerprint density at radius 2 is 1.77 bits per heavy atom. The zero-order valence-corrected chi connectivity index (χ0v) is 11.5. The van der Waals surface area contributed by atoms with E-state index < -0.39 is 35.6 Å². The zero-order valence-electron chi connectivity index (χ0n) is 11.5. The van der Waals surface area contributed by atoms with Gasteiger partial charge in [-0.25, -0.2) is 13.6 Å². The molecule has 0 aliphatic heterocycles. The number of hydrogen-bond donors (Lipinski definition) is 1. The maximum absolute atomic E-state index is 13.4. The number of alkyl carbamates (subject to hydrolysis) is 1. The predicted octanol–water partition coefficient (Wildman–Crippen LogP) is 3.07. The minimum atomic E-state index is -0.842. The fourth-order valence-electron chi connectivity index (χ4n) is 1.73. The topological polar surface area (TPSA) is 55.4 Å². The van der Waals surface area contributed by atoms with Crippen LogP contribution in [0.1, 0.15) is 15.9 Å². The molecule has 2 rings (SSSR count). The van der Waals surface area contributed by atoms with Gasteiger partial charge >= 0.3 is 6.09 Å². The second-order valence-electron chi connectivity index (χ2n) is 4.46. The lowest BCUT2D eigenvalue weighted by Crippen LogP contribution is -2.30. The van der Waals surface area contributed by atoms with Crippen LogP contribution in [0.5, 0.6) is 0 Å². The summed E-state index contributed by atoms with van der Waals surface area (Å²) in [6.45, 7) is -0.427. The summed E-state index contributed by atoms with van der Waals surface area (Å²) in [4.78, 5) is 23.2. The molecule has 0 bridgehead atoms. The van der Waals surface area contributed by atoms with Crippen molar-refractivity contribution < 1.29 is 23.1 Å². The van der Waals surface area contributed by atoms with Crippen molar-refractivity contribution in [1.82, 2.24) is 5.32 Å². The van der Waals surface area contributed by atoms with Gasteiger partial charge in [-0.1, -0.05) is 30.3 Å². The number of ether oxygens (including phenoxy) is 1. The third kappa shape index (κ3) is 4.37. The first-order valence-electron chi connectivity index (χ1n) is 6.49. The molecule has 2 aromatic carbocycles. The van der Waals surface area contributed by atoms with E-state index in [0.717, 1.165) is 23.8 Å². The summed E-state index contributed by atoms with van der Waals surface area (Å²) in [6.07, 6.45) is -0.811. The Bertz CT molecular complexity index is 674. The maximum atomic E-state index is 13.4. The SMILES string of the molecule is O=C(NCC(=O)c1cc(F)ccc1F)OCc1ccccc1. The van der Waals surface area contributed by atoms with Crippen LogP contribution < -0.4 is 5.32 Å². The number of benzene rings is 2. The number of Topliss-reactive ketones (excluding diaryl/α,β-unsaturated/α-hetero) is 1. The maximum Gasteiger partial charge on any atom is 0.407 e. The van der Waals surface area contributed by atoms with Gasteiger partial charge in [0.05, 0.1) is 12.1 Å². The lowest BCUT2D eigenvalue weighted by Gasteiger charge is -2.07. The first-order chi connectivity index (χ1) is 10.6. The van der Waals surface area contributed by atoms with E-state index >= 15 is 0 Å². The molecule has 0 saturated heterocycles. The van der Waals surface area contributed by atoms with Crippen molar-refractivity contribution in [2.24, 2.45) is 0 Å². The molecule has 0 fully saturated rings. The number of carbonyl (C=O) groups is 2. The van der Waals surface area contributed by atoms with Crippen molar-refractivity contribution in [2.75, 3.05) is 6.54 Å². The summed E-state index contributed by atoms with van der Waals surface area (Å²) in [5.41, 5.74) is 0.378. The third-order valence-corrected chi connectivity index (χ3v) is 2.83. The van der Waals surface area contributed by atoms with Crippen molar-refractivity contribution in [3.05, 3.63) is 71.3 Å². The molecule has 0 radical (unpaired) electrons. The number of ketones is 1. The molecule has 6 heteroatoms.